The maximum absolute atomic E-state index is 14.1. The molecule has 5 heteroatoms. The molecule has 0 bridgehead atoms. The van der Waals surface area contributed by atoms with Gasteiger partial charge in [0.25, 0.3) is 0 Å². The van der Waals surface area contributed by atoms with Gasteiger partial charge in [-0.3, -0.25) is 4.90 Å². The number of nitrogens with zero attached hydrogens (tertiary/aromatic N) is 1. The second-order valence-electron chi connectivity index (χ2n) is 6.68. The first-order valence-corrected chi connectivity index (χ1v) is 8.72. The minimum Gasteiger partial charge on any atom is -0.497 e. The van der Waals surface area contributed by atoms with Gasteiger partial charge in [-0.25, -0.2) is 9.18 Å². The third-order valence-electron chi connectivity index (χ3n) is 4.81. The number of ether oxygens (including phenoxy) is 1. The summed E-state index contributed by atoms with van der Waals surface area (Å²) in [7, 11) is 1.58. The maximum atomic E-state index is 14.1. The van der Waals surface area contributed by atoms with Gasteiger partial charge in [-0.05, 0) is 36.6 Å². The van der Waals surface area contributed by atoms with Crippen molar-refractivity contribution in [2.24, 2.45) is 0 Å². The normalized spacial score (nSPS) is 14.1. The van der Waals surface area contributed by atoms with E-state index < -0.39 is 0 Å². The molecule has 0 saturated heterocycles. The monoisotopic (exact) mass is 353 g/mol. The second kappa shape index (κ2) is 6.92. The lowest BCUT2D eigenvalue weighted by Gasteiger charge is -2.23. The van der Waals surface area contributed by atoms with Gasteiger partial charge in [0.15, 0.2) is 0 Å². The van der Waals surface area contributed by atoms with Crippen molar-refractivity contribution in [1.29, 1.82) is 0 Å². The van der Waals surface area contributed by atoms with E-state index in [4.69, 9.17) is 9.15 Å². The number of fused-ring (bicyclic) bond motifs is 1. The molecule has 0 atom stereocenters. The van der Waals surface area contributed by atoms with Gasteiger partial charge in [-0.2, -0.15) is 0 Å². The van der Waals surface area contributed by atoms with Crippen LogP contribution in [-0.2, 0) is 13.1 Å². The summed E-state index contributed by atoms with van der Waals surface area (Å²) in [5.74, 6) is 0.448. The van der Waals surface area contributed by atoms with E-state index in [-0.39, 0.29) is 11.4 Å². The predicted octanol–water partition coefficient (Wildman–Crippen LogP) is 4.11. The van der Waals surface area contributed by atoms with Crippen LogP contribution >= 0.6 is 0 Å². The highest BCUT2D eigenvalue weighted by Crippen LogP contribution is 2.32. The first-order valence-electron chi connectivity index (χ1n) is 8.72. The summed E-state index contributed by atoms with van der Waals surface area (Å²) in [4.78, 5) is 14.2. The molecule has 3 aromatic rings. The van der Waals surface area contributed by atoms with Crippen LogP contribution in [-0.4, -0.2) is 18.1 Å². The van der Waals surface area contributed by atoms with Gasteiger partial charge in [0.1, 0.15) is 17.1 Å². The van der Waals surface area contributed by atoms with E-state index in [9.17, 15) is 9.18 Å². The molecule has 4 nitrogen and oxygen atoms in total. The lowest BCUT2D eigenvalue weighted by Crippen LogP contribution is -2.26. The van der Waals surface area contributed by atoms with E-state index in [0.717, 1.165) is 23.8 Å². The molecule has 134 valence electrons. The fraction of sp³-hybridized carbons (Fsp3) is 0.286. The molecule has 0 spiro atoms. The SMILES string of the molecule is COc1ccc2c(CN(Cc3ccccc3F)C3CC3)cc(=O)oc2c1. The van der Waals surface area contributed by atoms with Crippen LogP contribution in [0.25, 0.3) is 11.0 Å². The summed E-state index contributed by atoms with van der Waals surface area (Å²) in [6, 6.07) is 14.3. The Morgan fingerprint density at radius 3 is 2.62 bits per heavy atom. The summed E-state index contributed by atoms with van der Waals surface area (Å²) in [5.41, 5.74) is 1.69. The number of hydrogen-bond donors (Lipinski definition) is 0. The molecule has 1 aliphatic rings. The molecule has 4 rings (SSSR count). The van der Waals surface area contributed by atoms with Crippen LogP contribution in [0.4, 0.5) is 4.39 Å². The summed E-state index contributed by atoms with van der Waals surface area (Å²) in [6.07, 6.45) is 2.20. The molecule has 0 amide bonds. The van der Waals surface area contributed by atoms with E-state index in [1.165, 1.54) is 12.1 Å². The predicted molar refractivity (Wildman–Crippen MR) is 97.7 cm³/mol. The first kappa shape index (κ1) is 16.8. The van der Waals surface area contributed by atoms with Crippen LogP contribution in [0.2, 0.25) is 0 Å². The zero-order valence-corrected chi connectivity index (χ0v) is 14.6. The Labute approximate surface area is 150 Å². The van der Waals surface area contributed by atoms with Crippen LogP contribution in [0.15, 0.2) is 57.7 Å². The van der Waals surface area contributed by atoms with Gasteiger partial charge in [0, 0.05) is 42.2 Å². The van der Waals surface area contributed by atoms with Crippen LogP contribution in [0, 0.1) is 5.82 Å². The number of hydrogen-bond acceptors (Lipinski definition) is 4. The molecule has 26 heavy (non-hydrogen) atoms. The number of halogens is 1. The number of rotatable bonds is 6. The van der Waals surface area contributed by atoms with E-state index >= 15 is 0 Å². The van der Waals surface area contributed by atoms with Gasteiger partial charge >= 0.3 is 5.63 Å². The Hall–Kier alpha value is -2.66. The fourth-order valence-electron chi connectivity index (χ4n) is 3.29. The van der Waals surface area contributed by atoms with E-state index in [2.05, 4.69) is 4.90 Å². The van der Waals surface area contributed by atoms with Crippen molar-refractivity contribution >= 4 is 11.0 Å². The molecule has 1 saturated carbocycles. The second-order valence-corrected chi connectivity index (χ2v) is 6.68. The van der Waals surface area contributed by atoms with Crippen molar-refractivity contribution in [3.63, 3.8) is 0 Å². The summed E-state index contributed by atoms with van der Waals surface area (Å²) in [6.45, 7) is 1.10. The van der Waals surface area contributed by atoms with Crippen LogP contribution in [0.1, 0.15) is 24.0 Å². The van der Waals surface area contributed by atoms with Crippen molar-refractivity contribution in [2.75, 3.05) is 7.11 Å². The molecular weight excluding hydrogens is 333 g/mol. The zero-order chi connectivity index (χ0) is 18.1. The fourth-order valence-corrected chi connectivity index (χ4v) is 3.29. The summed E-state index contributed by atoms with van der Waals surface area (Å²) in [5, 5.41) is 0.879. The Morgan fingerprint density at radius 2 is 1.88 bits per heavy atom. The highest BCUT2D eigenvalue weighted by molar-refractivity contribution is 5.81. The van der Waals surface area contributed by atoms with E-state index in [1.54, 1.807) is 19.2 Å². The summed E-state index contributed by atoms with van der Waals surface area (Å²) >= 11 is 0. The Morgan fingerprint density at radius 1 is 1.12 bits per heavy atom. The highest BCUT2D eigenvalue weighted by Gasteiger charge is 2.30. The highest BCUT2D eigenvalue weighted by atomic mass is 19.1. The smallest absolute Gasteiger partial charge is 0.336 e. The molecule has 0 N–H and O–H groups in total. The minimum atomic E-state index is -0.387. The molecule has 0 unspecified atom stereocenters. The quantitative estimate of drug-likeness (QED) is 0.626. The standard InChI is InChI=1S/C21H20FNO3/c1-25-17-8-9-18-15(10-21(24)26-20(18)11-17)13-23(16-6-7-16)12-14-4-2-3-5-19(14)22/h2-5,8-11,16H,6-7,12-13H2,1H3. The zero-order valence-electron chi connectivity index (χ0n) is 14.6. The van der Waals surface area contributed by atoms with E-state index in [1.807, 2.05) is 24.3 Å². The lowest BCUT2D eigenvalue weighted by atomic mass is 10.1. The first-order chi connectivity index (χ1) is 12.6. The van der Waals surface area contributed by atoms with Gasteiger partial charge in [-0.1, -0.05) is 18.2 Å². The molecule has 0 aliphatic heterocycles. The maximum Gasteiger partial charge on any atom is 0.336 e. The van der Waals surface area contributed by atoms with Crippen LogP contribution in [0.5, 0.6) is 5.75 Å². The Balaban J connectivity index is 1.68. The molecule has 0 radical (unpaired) electrons. The van der Waals surface area contributed by atoms with Crippen molar-refractivity contribution < 1.29 is 13.5 Å². The van der Waals surface area contributed by atoms with Crippen molar-refractivity contribution in [3.05, 3.63) is 75.9 Å². The number of benzene rings is 2. The van der Waals surface area contributed by atoms with E-state index in [0.29, 0.717) is 36.0 Å². The van der Waals surface area contributed by atoms with Crippen LogP contribution < -0.4 is 10.4 Å². The molecular formula is C21H20FNO3. The summed E-state index contributed by atoms with van der Waals surface area (Å²) < 4.78 is 24.6. The molecule has 2 aromatic carbocycles. The molecule has 1 heterocycles. The molecule has 1 aliphatic carbocycles. The van der Waals surface area contributed by atoms with Gasteiger partial charge in [0.2, 0.25) is 0 Å². The van der Waals surface area contributed by atoms with Crippen molar-refractivity contribution in [1.82, 2.24) is 4.90 Å². The minimum absolute atomic E-state index is 0.194. The van der Waals surface area contributed by atoms with Crippen molar-refractivity contribution in [3.8, 4) is 5.75 Å². The topological polar surface area (TPSA) is 42.7 Å². The van der Waals surface area contributed by atoms with Gasteiger partial charge < -0.3 is 9.15 Å². The third kappa shape index (κ3) is 3.48. The Kier molecular flexibility index (Phi) is 4.47. The van der Waals surface area contributed by atoms with Crippen molar-refractivity contribution in [2.45, 2.75) is 32.0 Å². The van der Waals surface area contributed by atoms with Crippen LogP contribution in [0.3, 0.4) is 0 Å². The number of methoxy groups -OCH3 is 1. The molecule has 1 aromatic heterocycles. The Bertz CT molecular complexity index is 994. The van der Waals surface area contributed by atoms with Gasteiger partial charge in [-0.15, -0.1) is 0 Å². The van der Waals surface area contributed by atoms with Gasteiger partial charge in [0.05, 0.1) is 7.11 Å². The largest absolute Gasteiger partial charge is 0.497 e. The third-order valence-corrected chi connectivity index (χ3v) is 4.81. The lowest BCUT2D eigenvalue weighted by molar-refractivity contribution is 0.242. The molecule has 1 fully saturated rings. The average molecular weight is 353 g/mol. The average Bonchev–Trinajstić information content (AvgIpc) is 3.47.